The van der Waals surface area contributed by atoms with Crippen molar-refractivity contribution in [2.75, 3.05) is 42.6 Å². The van der Waals surface area contributed by atoms with E-state index in [1.54, 1.807) is 18.0 Å². The number of nitrogens with one attached hydrogen (secondary N) is 3. The minimum atomic E-state index is 0.0269. The number of hydrogen-bond donors (Lipinski definition) is 3. The van der Waals surface area contributed by atoms with Gasteiger partial charge in [0.05, 0.1) is 23.7 Å². The summed E-state index contributed by atoms with van der Waals surface area (Å²) < 4.78 is 6.29. The minimum Gasteiger partial charge on any atom is -0.489 e. The monoisotopic (exact) mass is 624 g/mol. The standard InChI is InChI=1S/C30H41ClN6OS.C3H4O/c1-7-37-14-12-21(13-15-37)22-16-27(38-19(2)3)26(17-25(22)32-6)35-30-33-18-23(31)29(36-30)34-24-10-8-9-11-28(24)39-20(4)5;1-2-3-4/h8-11,16-21,32H,7,12-15H2,1-6H3,(H2,33,34,35,36);2-3H,1H2. The summed E-state index contributed by atoms with van der Waals surface area (Å²) in [6, 6.07) is 12.5. The average Bonchev–Trinajstić information content (AvgIpc) is 3.00. The average molecular weight is 625 g/mol. The molecule has 0 atom stereocenters. The second-order valence-corrected chi connectivity index (χ2v) is 12.8. The maximum absolute atomic E-state index is 9.06. The maximum Gasteiger partial charge on any atom is 0.229 e. The zero-order valence-electron chi connectivity index (χ0n) is 26.1. The first kappa shape index (κ1) is 34.2. The second kappa shape index (κ2) is 17.1. The molecule has 8 nitrogen and oxygen atoms in total. The second-order valence-electron chi connectivity index (χ2n) is 10.7. The predicted octanol–water partition coefficient (Wildman–Crippen LogP) is 8.52. The van der Waals surface area contributed by atoms with Gasteiger partial charge < -0.3 is 25.6 Å². The van der Waals surface area contributed by atoms with E-state index in [0.29, 0.717) is 34.2 Å². The van der Waals surface area contributed by atoms with Gasteiger partial charge in [-0.05, 0) is 88.1 Å². The van der Waals surface area contributed by atoms with Gasteiger partial charge in [0, 0.05) is 22.9 Å². The van der Waals surface area contributed by atoms with Crippen molar-refractivity contribution in [1.29, 1.82) is 0 Å². The molecule has 0 bridgehead atoms. The Hall–Kier alpha value is -3.27. The lowest BCUT2D eigenvalue weighted by Gasteiger charge is -2.32. The van der Waals surface area contributed by atoms with Gasteiger partial charge in [0.15, 0.2) is 5.82 Å². The number of rotatable bonds is 12. The molecule has 10 heteroatoms. The van der Waals surface area contributed by atoms with Crippen LogP contribution >= 0.6 is 23.4 Å². The van der Waals surface area contributed by atoms with Crippen molar-refractivity contribution in [2.24, 2.45) is 0 Å². The van der Waals surface area contributed by atoms with Crippen molar-refractivity contribution in [3.8, 4) is 5.75 Å². The van der Waals surface area contributed by atoms with Gasteiger partial charge in [0.1, 0.15) is 17.1 Å². The Balaban J connectivity index is 0.00000119. The lowest BCUT2D eigenvalue weighted by atomic mass is 9.87. The van der Waals surface area contributed by atoms with Crippen LogP contribution in [-0.4, -0.2) is 59.2 Å². The smallest absolute Gasteiger partial charge is 0.229 e. The Morgan fingerprint density at radius 3 is 2.42 bits per heavy atom. The molecule has 1 aliphatic rings. The number of halogens is 1. The molecule has 1 saturated heterocycles. The van der Waals surface area contributed by atoms with Gasteiger partial charge in [-0.1, -0.05) is 51.1 Å². The molecule has 2 heterocycles. The van der Waals surface area contributed by atoms with E-state index in [-0.39, 0.29) is 6.10 Å². The summed E-state index contributed by atoms with van der Waals surface area (Å²) in [5, 5.41) is 11.1. The van der Waals surface area contributed by atoms with Crippen LogP contribution in [0.25, 0.3) is 0 Å². The molecule has 0 unspecified atom stereocenters. The molecule has 232 valence electrons. The highest BCUT2D eigenvalue weighted by atomic mass is 35.5. The van der Waals surface area contributed by atoms with Crippen molar-refractivity contribution >= 4 is 58.5 Å². The van der Waals surface area contributed by atoms with Crippen LogP contribution in [0.15, 0.2) is 60.1 Å². The summed E-state index contributed by atoms with van der Waals surface area (Å²) in [6.45, 7) is 17.1. The first-order valence-electron chi connectivity index (χ1n) is 14.8. The SMILES string of the molecule is C=CC=O.CCN1CCC(c2cc(OC(C)C)c(Nc3ncc(Cl)c(Nc4ccccc4SC(C)C)n3)cc2NC)CC1. The van der Waals surface area contributed by atoms with E-state index in [2.05, 4.69) is 71.4 Å². The molecule has 1 aliphatic heterocycles. The van der Waals surface area contributed by atoms with Crippen LogP contribution in [0.5, 0.6) is 5.75 Å². The molecule has 0 spiro atoms. The summed E-state index contributed by atoms with van der Waals surface area (Å²) in [5.74, 6) is 2.27. The number of aromatic nitrogens is 2. The van der Waals surface area contributed by atoms with E-state index in [1.807, 2.05) is 39.1 Å². The van der Waals surface area contributed by atoms with Gasteiger partial charge in [-0.2, -0.15) is 4.98 Å². The fraction of sp³-hybridized carbons (Fsp3) is 0.424. The van der Waals surface area contributed by atoms with Crippen molar-refractivity contribution in [1.82, 2.24) is 14.9 Å². The van der Waals surface area contributed by atoms with Crippen molar-refractivity contribution in [2.45, 2.75) is 69.6 Å². The summed E-state index contributed by atoms with van der Waals surface area (Å²) in [6.07, 6.45) is 5.76. The van der Waals surface area contributed by atoms with Crippen molar-refractivity contribution in [3.05, 3.63) is 65.8 Å². The van der Waals surface area contributed by atoms with E-state index in [0.717, 1.165) is 60.2 Å². The highest BCUT2D eigenvalue weighted by molar-refractivity contribution is 8.00. The number of aldehydes is 1. The van der Waals surface area contributed by atoms with E-state index in [1.165, 1.54) is 11.6 Å². The molecule has 2 aromatic carbocycles. The Labute approximate surface area is 266 Å². The normalized spacial score (nSPS) is 13.7. The molecule has 0 amide bonds. The van der Waals surface area contributed by atoms with Gasteiger partial charge >= 0.3 is 0 Å². The van der Waals surface area contributed by atoms with Gasteiger partial charge in [0.2, 0.25) is 5.95 Å². The largest absolute Gasteiger partial charge is 0.489 e. The highest BCUT2D eigenvalue weighted by Crippen LogP contribution is 2.41. The molecule has 3 N–H and O–H groups in total. The predicted molar refractivity (Wildman–Crippen MR) is 183 cm³/mol. The van der Waals surface area contributed by atoms with Gasteiger partial charge in [-0.25, -0.2) is 4.98 Å². The fourth-order valence-electron chi connectivity index (χ4n) is 4.85. The third-order valence-electron chi connectivity index (χ3n) is 6.85. The number of likely N-dealkylation sites (tertiary alicyclic amines) is 1. The van der Waals surface area contributed by atoms with Crippen LogP contribution in [0.3, 0.4) is 0 Å². The molecule has 0 aliphatic carbocycles. The molecule has 1 fully saturated rings. The van der Waals surface area contributed by atoms with Crippen LogP contribution in [-0.2, 0) is 4.79 Å². The highest BCUT2D eigenvalue weighted by Gasteiger charge is 2.24. The van der Waals surface area contributed by atoms with E-state index in [9.17, 15) is 0 Å². The number of piperidine rings is 1. The zero-order chi connectivity index (χ0) is 31.4. The van der Waals surface area contributed by atoms with Crippen LogP contribution in [0, 0.1) is 0 Å². The Morgan fingerprint density at radius 1 is 1.12 bits per heavy atom. The summed E-state index contributed by atoms with van der Waals surface area (Å²) in [5.41, 5.74) is 4.16. The summed E-state index contributed by atoms with van der Waals surface area (Å²) >= 11 is 8.31. The van der Waals surface area contributed by atoms with Crippen LogP contribution in [0.2, 0.25) is 5.02 Å². The number of benzene rings is 2. The molecule has 3 aromatic rings. The van der Waals surface area contributed by atoms with Crippen molar-refractivity contribution < 1.29 is 9.53 Å². The van der Waals surface area contributed by atoms with Crippen LogP contribution in [0.1, 0.15) is 58.9 Å². The number of carbonyl (C=O) groups excluding carboxylic acids is 1. The lowest BCUT2D eigenvalue weighted by molar-refractivity contribution is -0.104. The lowest BCUT2D eigenvalue weighted by Crippen LogP contribution is -2.32. The Morgan fingerprint density at radius 2 is 1.81 bits per heavy atom. The Bertz CT molecular complexity index is 1340. The molecule has 0 radical (unpaired) electrons. The number of hydrogen-bond acceptors (Lipinski definition) is 9. The summed E-state index contributed by atoms with van der Waals surface area (Å²) in [7, 11) is 1.97. The topological polar surface area (TPSA) is 91.4 Å². The molecule has 4 rings (SSSR count). The van der Waals surface area contributed by atoms with Crippen LogP contribution in [0.4, 0.5) is 28.8 Å². The first-order valence-corrected chi connectivity index (χ1v) is 16.1. The third kappa shape index (κ3) is 10.2. The number of thioether (sulfide) groups is 1. The number of carbonyl (C=O) groups is 1. The number of allylic oxidation sites excluding steroid dienone is 1. The first-order chi connectivity index (χ1) is 20.7. The van der Waals surface area contributed by atoms with Crippen LogP contribution < -0.4 is 20.7 Å². The number of ether oxygens (including phenoxy) is 1. The van der Waals surface area contributed by atoms with E-state index < -0.39 is 0 Å². The van der Waals surface area contributed by atoms with E-state index in [4.69, 9.17) is 26.1 Å². The molecule has 1 aromatic heterocycles. The maximum atomic E-state index is 9.06. The summed E-state index contributed by atoms with van der Waals surface area (Å²) in [4.78, 5) is 21.9. The number of anilines is 5. The quantitative estimate of drug-likeness (QED) is 0.104. The van der Waals surface area contributed by atoms with Gasteiger partial charge in [-0.3, -0.25) is 4.79 Å². The van der Waals surface area contributed by atoms with E-state index >= 15 is 0 Å². The zero-order valence-corrected chi connectivity index (χ0v) is 27.7. The van der Waals surface area contributed by atoms with Gasteiger partial charge in [0.25, 0.3) is 0 Å². The fourth-order valence-corrected chi connectivity index (χ4v) is 5.90. The van der Waals surface area contributed by atoms with Gasteiger partial charge in [-0.15, -0.1) is 11.8 Å². The number of nitrogens with zero attached hydrogens (tertiary/aromatic N) is 3. The molecular weight excluding hydrogens is 580 g/mol. The Kier molecular flexibility index (Phi) is 13.6. The number of para-hydroxylation sites is 1. The third-order valence-corrected chi connectivity index (χ3v) is 8.21. The van der Waals surface area contributed by atoms with Crippen molar-refractivity contribution in [3.63, 3.8) is 0 Å². The minimum absolute atomic E-state index is 0.0269. The molecular formula is C33H45ClN6O2S. The molecule has 0 saturated carbocycles. The molecule has 43 heavy (non-hydrogen) atoms.